The molecular weight excluding hydrogens is 216 g/mol. The lowest BCUT2D eigenvalue weighted by molar-refractivity contribution is -0.131. The lowest BCUT2D eigenvalue weighted by Crippen LogP contribution is -2.33. The fourth-order valence-electron chi connectivity index (χ4n) is 2.45. The van der Waals surface area contributed by atoms with Gasteiger partial charge < -0.3 is 15.4 Å². The molecule has 1 fully saturated rings. The number of likely N-dealkylation sites (tertiary alicyclic amines) is 1. The van der Waals surface area contributed by atoms with Crippen LogP contribution < -0.4 is 5.73 Å². The van der Waals surface area contributed by atoms with E-state index in [9.17, 15) is 4.79 Å². The topological polar surface area (TPSA) is 55.6 Å². The Bertz CT molecular complexity index is 244. The number of ether oxygens (including phenoxy) is 1. The van der Waals surface area contributed by atoms with Crippen molar-refractivity contribution in [3.8, 4) is 0 Å². The molecule has 17 heavy (non-hydrogen) atoms. The van der Waals surface area contributed by atoms with Crippen LogP contribution in [0, 0.1) is 11.8 Å². The smallest absolute Gasteiger partial charge is 0.222 e. The number of amides is 1. The van der Waals surface area contributed by atoms with Crippen LogP contribution in [-0.4, -0.2) is 43.7 Å². The molecule has 1 heterocycles. The molecule has 100 valence electrons. The Balaban J connectivity index is 2.37. The van der Waals surface area contributed by atoms with Crippen molar-refractivity contribution < 1.29 is 9.53 Å². The summed E-state index contributed by atoms with van der Waals surface area (Å²) in [5.74, 6) is 1.16. The van der Waals surface area contributed by atoms with E-state index in [1.807, 2.05) is 4.90 Å². The minimum atomic E-state index is 0.223. The molecule has 2 N–H and O–H groups in total. The first-order valence-electron chi connectivity index (χ1n) is 6.57. The van der Waals surface area contributed by atoms with Gasteiger partial charge in [-0.3, -0.25) is 4.79 Å². The second kappa shape index (κ2) is 6.97. The molecule has 1 amide bonds. The zero-order valence-electron chi connectivity index (χ0n) is 11.3. The molecule has 0 aliphatic carbocycles. The first-order valence-corrected chi connectivity index (χ1v) is 6.57. The van der Waals surface area contributed by atoms with E-state index in [2.05, 4.69) is 13.8 Å². The summed E-state index contributed by atoms with van der Waals surface area (Å²) in [5, 5.41) is 0. The summed E-state index contributed by atoms with van der Waals surface area (Å²) >= 11 is 0. The molecule has 0 radical (unpaired) electrons. The molecule has 1 aliphatic rings. The Morgan fingerprint density at radius 3 is 2.71 bits per heavy atom. The molecular formula is C13H26N2O2. The van der Waals surface area contributed by atoms with Gasteiger partial charge in [-0.2, -0.15) is 0 Å². The number of rotatable bonds is 6. The molecule has 0 aromatic carbocycles. The van der Waals surface area contributed by atoms with E-state index < -0.39 is 0 Å². The van der Waals surface area contributed by atoms with Gasteiger partial charge in [-0.05, 0) is 31.2 Å². The van der Waals surface area contributed by atoms with Gasteiger partial charge in [0.2, 0.25) is 5.91 Å². The standard InChI is InChI=1S/C13H26N2O2/c1-10(2)6-11(8-14)7-13(16)15-5-4-12(9-15)17-3/h10-12H,4-9,14H2,1-3H3. The van der Waals surface area contributed by atoms with Crippen LogP contribution in [0.15, 0.2) is 0 Å². The summed E-state index contributed by atoms with van der Waals surface area (Å²) < 4.78 is 5.27. The van der Waals surface area contributed by atoms with E-state index in [4.69, 9.17) is 10.5 Å². The minimum absolute atomic E-state index is 0.223. The molecule has 1 aliphatic heterocycles. The number of hydrogen-bond acceptors (Lipinski definition) is 3. The monoisotopic (exact) mass is 242 g/mol. The first kappa shape index (κ1) is 14.5. The molecule has 0 saturated carbocycles. The van der Waals surface area contributed by atoms with Gasteiger partial charge in [-0.1, -0.05) is 13.8 Å². The van der Waals surface area contributed by atoms with Crippen molar-refractivity contribution in [3.63, 3.8) is 0 Å². The molecule has 2 unspecified atom stereocenters. The van der Waals surface area contributed by atoms with Crippen molar-refractivity contribution in [2.75, 3.05) is 26.7 Å². The molecule has 1 saturated heterocycles. The Morgan fingerprint density at radius 1 is 1.53 bits per heavy atom. The van der Waals surface area contributed by atoms with Crippen molar-refractivity contribution in [2.24, 2.45) is 17.6 Å². The van der Waals surface area contributed by atoms with Crippen LogP contribution >= 0.6 is 0 Å². The van der Waals surface area contributed by atoms with Crippen LogP contribution in [0.25, 0.3) is 0 Å². The molecule has 0 aromatic heterocycles. The molecule has 0 spiro atoms. The summed E-state index contributed by atoms with van der Waals surface area (Å²) in [4.78, 5) is 14.0. The summed E-state index contributed by atoms with van der Waals surface area (Å²) in [5.41, 5.74) is 5.73. The molecule has 0 bridgehead atoms. The van der Waals surface area contributed by atoms with Crippen molar-refractivity contribution in [1.82, 2.24) is 4.90 Å². The molecule has 2 atom stereocenters. The highest BCUT2D eigenvalue weighted by atomic mass is 16.5. The third-order valence-electron chi connectivity index (χ3n) is 3.43. The number of nitrogens with zero attached hydrogens (tertiary/aromatic N) is 1. The van der Waals surface area contributed by atoms with Crippen LogP contribution in [0.1, 0.15) is 33.1 Å². The van der Waals surface area contributed by atoms with Crippen molar-refractivity contribution >= 4 is 5.91 Å². The Labute approximate surface area is 104 Å². The number of nitrogens with two attached hydrogens (primary N) is 1. The molecule has 1 rings (SSSR count). The van der Waals surface area contributed by atoms with Crippen LogP contribution in [0.5, 0.6) is 0 Å². The van der Waals surface area contributed by atoms with E-state index in [0.29, 0.717) is 24.8 Å². The second-order valence-corrected chi connectivity index (χ2v) is 5.42. The lowest BCUT2D eigenvalue weighted by atomic mass is 9.94. The Hall–Kier alpha value is -0.610. The lowest BCUT2D eigenvalue weighted by Gasteiger charge is -2.21. The predicted molar refractivity (Wildman–Crippen MR) is 68.6 cm³/mol. The Morgan fingerprint density at radius 2 is 2.24 bits per heavy atom. The average Bonchev–Trinajstić information content (AvgIpc) is 2.75. The van der Waals surface area contributed by atoms with Crippen molar-refractivity contribution in [1.29, 1.82) is 0 Å². The summed E-state index contributed by atoms with van der Waals surface area (Å²) in [6.07, 6.45) is 2.80. The third-order valence-corrected chi connectivity index (χ3v) is 3.43. The van der Waals surface area contributed by atoms with Crippen molar-refractivity contribution in [2.45, 2.75) is 39.2 Å². The number of methoxy groups -OCH3 is 1. The molecule has 4 nitrogen and oxygen atoms in total. The van der Waals surface area contributed by atoms with Gasteiger partial charge in [0.1, 0.15) is 0 Å². The quantitative estimate of drug-likeness (QED) is 0.762. The average molecular weight is 242 g/mol. The van der Waals surface area contributed by atoms with Crippen LogP contribution in [0.2, 0.25) is 0 Å². The fourth-order valence-corrected chi connectivity index (χ4v) is 2.45. The van der Waals surface area contributed by atoms with E-state index in [0.717, 1.165) is 25.9 Å². The van der Waals surface area contributed by atoms with E-state index in [1.165, 1.54) is 0 Å². The van der Waals surface area contributed by atoms with Crippen LogP contribution in [0.3, 0.4) is 0 Å². The van der Waals surface area contributed by atoms with Gasteiger partial charge in [0.15, 0.2) is 0 Å². The molecule has 4 heteroatoms. The van der Waals surface area contributed by atoms with E-state index in [1.54, 1.807) is 7.11 Å². The summed E-state index contributed by atoms with van der Waals surface area (Å²) in [6, 6.07) is 0. The predicted octanol–water partition coefficient (Wildman–Crippen LogP) is 1.24. The largest absolute Gasteiger partial charge is 0.380 e. The van der Waals surface area contributed by atoms with Gasteiger partial charge in [0, 0.05) is 26.6 Å². The zero-order valence-corrected chi connectivity index (χ0v) is 11.3. The van der Waals surface area contributed by atoms with Gasteiger partial charge in [0.25, 0.3) is 0 Å². The van der Waals surface area contributed by atoms with Crippen molar-refractivity contribution in [3.05, 3.63) is 0 Å². The third kappa shape index (κ3) is 4.64. The number of hydrogen-bond donors (Lipinski definition) is 1. The first-order chi connectivity index (χ1) is 8.06. The van der Waals surface area contributed by atoms with Gasteiger partial charge in [-0.25, -0.2) is 0 Å². The summed E-state index contributed by atoms with van der Waals surface area (Å²) in [6.45, 7) is 6.52. The maximum Gasteiger partial charge on any atom is 0.222 e. The number of carbonyl (C=O) groups excluding carboxylic acids is 1. The Kier molecular flexibility index (Phi) is 5.92. The van der Waals surface area contributed by atoms with Gasteiger partial charge in [-0.15, -0.1) is 0 Å². The number of carbonyl (C=O) groups is 1. The SMILES string of the molecule is COC1CCN(C(=O)CC(CN)CC(C)C)C1. The highest BCUT2D eigenvalue weighted by Crippen LogP contribution is 2.18. The normalized spacial score (nSPS) is 22.2. The van der Waals surface area contributed by atoms with E-state index >= 15 is 0 Å². The van der Waals surface area contributed by atoms with Gasteiger partial charge in [0.05, 0.1) is 6.10 Å². The van der Waals surface area contributed by atoms with E-state index in [-0.39, 0.29) is 12.0 Å². The molecule has 0 aromatic rings. The zero-order chi connectivity index (χ0) is 12.8. The second-order valence-electron chi connectivity index (χ2n) is 5.42. The van der Waals surface area contributed by atoms with Gasteiger partial charge >= 0.3 is 0 Å². The maximum atomic E-state index is 12.1. The van der Waals surface area contributed by atoms with Crippen LogP contribution in [-0.2, 0) is 9.53 Å². The van der Waals surface area contributed by atoms with Crippen LogP contribution in [0.4, 0.5) is 0 Å². The minimum Gasteiger partial charge on any atom is -0.380 e. The fraction of sp³-hybridized carbons (Fsp3) is 0.923. The maximum absolute atomic E-state index is 12.1. The highest BCUT2D eigenvalue weighted by molar-refractivity contribution is 5.76. The summed E-state index contributed by atoms with van der Waals surface area (Å²) in [7, 11) is 1.71. The highest BCUT2D eigenvalue weighted by Gasteiger charge is 2.27.